The number of alkyl halides is 1. The van der Waals surface area contributed by atoms with Crippen LogP contribution in [0.4, 0.5) is 4.79 Å². The largest absolute Gasteiger partial charge is 0.447 e. The summed E-state index contributed by atoms with van der Waals surface area (Å²) in [7, 11) is 0. The van der Waals surface area contributed by atoms with Crippen LogP contribution in [0.25, 0.3) is 0 Å². The van der Waals surface area contributed by atoms with Gasteiger partial charge in [-0.05, 0) is 24.8 Å². The van der Waals surface area contributed by atoms with E-state index in [0.29, 0.717) is 6.42 Å². The molecule has 1 aromatic rings. The standard InChI is InChI=1S/C19H26BrNO3/c1-15(9-5-2-3-8-12-20)18(22)21-17(14-24-19(21)23)13-16-10-6-4-7-11-16/h4,6-7,10-11,15,17H,2-3,5,8-9,12-14H2,1H3/t15?,17-/m1/s1. The quantitative estimate of drug-likeness (QED) is 0.454. The van der Waals surface area contributed by atoms with Crippen molar-refractivity contribution in [1.29, 1.82) is 0 Å². The van der Waals surface area contributed by atoms with Crippen molar-refractivity contribution >= 4 is 27.9 Å². The Morgan fingerprint density at radius 3 is 2.67 bits per heavy atom. The first-order chi connectivity index (χ1) is 11.6. The van der Waals surface area contributed by atoms with E-state index in [2.05, 4.69) is 15.9 Å². The van der Waals surface area contributed by atoms with Crippen molar-refractivity contribution in [2.24, 2.45) is 5.92 Å². The van der Waals surface area contributed by atoms with Gasteiger partial charge in [-0.25, -0.2) is 9.69 Å². The molecule has 24 heavy (non-hydrogen) atoms. The van der Waals surface area contributed by atoms with Gasteiger partial charge in [0.1, 0.15) is 6.61 Å². The number of carbonyl (C=O) groups is 2. The Morgan fingerprint density at radius 1 is 1.25 bits per heavy atom. The number of nitrogens with zero attached hydrogens (tertiary/aromatic N) is 1. The molecule has 1 aliphatic rings. The normalized spacial score (nSPS) is 18.5. The fraction of sp³-hybridized carbons (Fsp3) is 0.579. The summed E-state index contributed by atoms with van der Waals surface area (Å²) in [4.78, 5) is 26.1. The second-order valence-electron chi connectivity index (χ2n) is 6.42. The molecule has 1 unspecified atom stereocenters. The summed E-state index contributed by atoms with van der Waals surface area (Å²) in [5, 5.41) is 1.03. The molecule has 0 N–H and O–H groups in total. The van der Waals surface area contributed by atoms with E-state index < -0.39 is 6.09 Å². The first-order valence-corrected chi connectivity index (χ1v) is 9.85. The molecular weight excluding hydrogens is 370 g/mol. The smallest absolute Gasteiger partial charge is 0.416 e. The SMILES string of the molecule is CC(CCCCCCBr)C(=O)N1C(=O)OC[C@H]1Cc1ccccc1. The van der Waals surface area contributed by atoms with Crippen molar-refractivity contribution in [1.82, 2.24) is 4.90 Å². The van der Waals surface area contributed by atoms with Crippen LogP contribution in [0.2, 0.25) is 0 Å². The number of amides is 2. The van der Waals surface area contributed by atoms with Crippen molar-refractivity contribution in [3.63, 3.8) is 0 Å². The van der Waals surface area contributed by atoms with E-state index >= 15 is 0 Å². The minimum Gasteiger partial charge on any atom is -0.447 e. The van der Waals surface area contributed by atoms with Gasteiger partial charge < -0.3 is 4.74 Å². The van der Waals surface area contributed by atoms with Crippen LogP contribution < -0.4 is 0 Å². The highest BCUT2D eigenvalue weighted by atomic mass is 79.9. The second-order valence-corrected chi connectivity index (χ2v) is 7.21. The third-order valence-electron chi connectivity index (χ3n) is 4.45. The zero-order valence-corrected chi connectivity index (χ0v) is 15.8. The Hall–Kier alpha value is -1.36. The molecule has 2 atom stereocenters. The molecule has 0 spiro atoms. The molecular formula is C19H26BrNO3. The van der Waals surface area contributed by atoms with Gasteiger partial charge in [-0.2, -0.15) is 0 Å². The lowest BCUT2D eigenvalue weighted by atomic mass is 9.99. The molecule has 0 bridgehead atoms. The van der Waals surface area contributed by atoms with Crippen molar-refractivity contribution in [3.05, 3.63) is 35.9 Å². The van der Waals surface area contributed by atoms with Crippen molar-refractivity contribution in [3.8, 4) is 0 Å². The first kappa shape index (κ1) is 19.0. The van der Waals surface area contributed by atoms with Gasteiger partial charge in [-0.15, -0.1) is 0 Å². The Morgan fingerprint density at radius 2 is 1.96 bits per heavy atom. The van der Waals surface area contributed by atoms with Crippen LogP contribution >= 0.6 is 15.9 Å². The summed E-state index contributed by atoms with van der Waals surface area (Å²) in [5.41, 5.74) is 1.11. The van der Waals surface area contributed by atoms with Crippen LogP contribution in [0.3, 0.4) is 0 Å². The number of ether oxygens (including phenoxy) is 1. The zero-order valence-electron chi connectivity index (χ0n) is 14.2. The predicted octanol–water partition coefficient (Wildman–Crippen LogP) is 4.56. The van der Waals surface area contributed by atoms with E-state index in [4.69, 9.17) is 4.74 Å². The van der Waals surface area contributed by atoms with Gasteiger partial charge in [0.2, 0.25) is 5.91 Å². The maximum atomic E-state index is 12.7. The molecule has 0 aliphatic carbocycles. The van der Waals surface area contributed by atoms with Gasteiger partial charge in [-0.1, -0.05) is 72.4 Å². The highest BCUT2D eigenvalue weighted by Crippen LogP contribution is 2.22. The molecule has 1 saturated heterocycles. The monoisotopic (exact) mass is 395 g/mol. The van der Waals surface area contributed by atoms with Crippen molar-refractivity contribution < 1.29 is 14.3 Å². The van der Waals surface area contributed by atoms with E-state index in [1.54, 1.807) is 0 Å². The van der Waals surface area contributed by atoms with Gasteiger partial charge >= 0.3 is 6.09 Å². The van der Waals surface area contributed by atoms with Gasteiger partial charge in [-0.3, -0.25) is 4.79 Å². The molecule has 2 amide bonds. The summed E-state index contributed by atoms with van der Waals surface area (Å²) in [5.74, 6) is -0.239. The number of unbranched alkanes of at least 4 members (excludes halogenated alkanes) is 3. The van der Waals surface area contributed by atoms with Crippen molar-refractivity contribution in [2.45, 2.75) is 51.5 Å². The Kier molecular flexibility index (Phi) is 7.76. The number of benzene rings is 1. The molecule has 1 heterocycles. The van der Waals surface area contributed by atoms with E-state index in [1.165, 1.54) is 17.7 Å². The summed E-state index contributed by atoms with van der Waals surface area (Å²) in [6.45, 7) is 2.20. The molecule has 1 aromatic carbocycles. The number of hydrogen-bond donors (Lipinski definition) is 0. The molecule has 4 nitrogen and oxygen atoms in total. The first-order valence-electron chi connectivity index (χ1n) is 8.73. The lowest BCUT2D eigenvalue weighted by molar-refractivity contribution is -0.133. The molecule has 1 fully saturated rings. The highest BCUT2D eigenvalue weighted by molar-refractivity contribution is 9.09. The number of carbonyl (C=O) groups excluding carboxylic acids is 2. The summed E-state index contributed by atoms with van der Waals surface area (Å²) < 4.78 is 5.14. The van der Waals surface area contributed by atoms with Gasteiger partial charge in [0.25, 0.3) is 0 Å². The molecule has 132 valence electrons. The van der Waals surface area contributed by atoms with Crippen LogP contribution in [-0.4, -0.2) is 34.9 Å². The number of imide groups is 1. The third-order valence-corrected chi connectivity index (χ3v) is 5.02. The summed E-state index contributed by atoms with van der Waals surface area (Å²) in [6, 6.07) is 9.73. The molecule has 2 rings (SSSR count). The Balaban J connectivity index is 1.88. The van der Waals surface area contributed by atoms with E-state index in [9.17, 15) is 9.59 Å². The average molecular weight is 396 g/mol. The summed E-state index contributed by atoms with van der Waals surface area (Å²) in [6.07, 6.45) is 5.47. The lowest BCUT2D eigenvalue weighted by Gasteiger charge is -2.23. The van der Waals surface area contributed by atoms with Crippen LogP contribution in [-0.2, 0) is 16.0 Å². The van der Waals surface area contributed by atoms with E-state index in [0.717, 1.165) is 30.2 Å². The zero-order chi connectivity index (χ0) is 17.4. The minimum atomic E-state index is -0.493. The lowest BCUT2D eigenvalue weighted by Crippen LogP contribution is -2.43. The highest BCUT2D eigenvalue weighted by Gasteiger charge is 2.39. The third kappa shape index (κ3) is 5.33. The fourth-order valence-electron chi connectivity index (χ4n) is 3.03. The van der Waals surface area contributed by atoms with E-state index in [1.807, 2.05) is 37.3 Å². The Bertz CT molecular complexity index is 535. The topological polar surface area (TPSA) is 46.6 Å². The molecule has 5 heteroatoms. The summed E-state index contributed by atoms with van der Waals surface area (Å²) >= 11 is 3.43. The molecule has 0 saturated carbocycles. The number of hydrogen-bond acceptors (Lipinski definition) is 3. The number of cyclic esters (lactones) is 1. The van der Waals surface area contributed by atoms with Gasteiger partial charge in [0, 0.05) is 11.2 Å². The maximum Gasteiger partial charge on any atom is 0.416 e. The molecule has 0 radical (unpaired) electrons. The molecule has 1 aliphatic heterocycles. The van der Waals surface area contributed by atoms with Gasteiger partial charge in [0.05, 0.1) is 6.04 Å². The van der Waals surface area contributed by atoms with Crippen LogP contribution in [0, 0.1) is 5.92 Å². The predicted molar refractivity (Wildman–Crippen MR) is 98.2 cm³/mol. The van der Waals surface area contributed by atoms with Crippen LogP contribution in [0.5, 0.6) is 0 Å². The number of halogens is 1. The Labute approximate surface area is 152 Å². The second kappa shape index (κ2) is 9.82. The number of rotatable bonds is 9. The van der Waals surface area contributed by atoms with E-state index in [-0.39, 0.29) is 24.5 Å². The fourth-order valence-corrected chi connectivity index (χ4v) is 3.42. The minimum absolute atomic E-state index is 0.0982. The maximum absolute atomic E-state index is 12.7. The van der Waals surface area contributed by atoms with Crippen LogP contribution in [0.15, 0.2) is 30.3 Å². The van der Waals surface area contributed by atoms with Crippen molar-refractivity contribution in [2.75, 3.05) is 11.9 Å². The molecule has 0 aromatic heterocycles. The average Bonchev–Trinajstić information content (AvgIpc) is 2.95. The van der Waals surface area contributed by atoms with Gasteiger partial charge in [0.15, 0.2) is 0 Å². The van der Waals surface area contributed by atoms with Crippen LogP contribution in [0.1, 0.15) is 44.6 Å².